The van der Waals surface area contributed by atoms with Gasteiger partial charge >= 0.3 is 0 Å². The average Bonchev–Trinajstić information content (AvgIpc) is 3.45. The molecule has 3 saturated heterocycles. The Balaban J connectivity index is 1.55. The van der Waals surface area contributed by atoms with Crippen molar-refractivity contribution in [3.8, 4) is 0 Å². The monoisotopic (exact) mass is 479 g/mol. The summed E-state index contributed by atoms with van der Waals surface area (Å²) in [4.78, 5) is 42.4. The number of amides is 3. The molecule has 4 rings (SSSR count). The van der Waals surface area contributed by atoms with Crippen molar-refractivity contribution in [3.63, 3.8) is 0 Å². The number of carbonyl (C=O) groups excluding carboxylic acids is 3. The highest BCUT2D eigenvalue weighted by molar-refractivity contribution is 8.02. The van der Waals surface area contributed by atoms with Gasteiger partial charge in [0.05, 0.1) is 16.6 Å². The van der Waals surface area contributed by atoms with E-state index in [1.165, 1.54) is 6.42 Å². The molecule has 3 N–H and O–H groups in total. The fourth-order valence-corrected chi connectivity index (χ4v) is 8.85. The lowest BCUT2D eigenvalue weighted by atomic mass is 9.70. The van der Waals surface area contributed by atoms with E-state index in [1.54, 1.807) is 11.8 Å². The van der Waals surface area contributed by atoms with Crippen LogP contribution in [0.25, 0.3) is 0 Å². The summed E-state index contributed by atoms with van der Waals surface area (Å²) in [6.07, 6.45) is 11.6. The fraction of sp³-hybridized carbons (Fsp3) is 0.880. The summed E-state index contributed by atoms with van der Waals surface area (Å²) in [5.74, 6) is -0.724. The minimum absolute atomic E-state index is 0.00382. The molecule has 2 bridgehead atoms. The second-order valence-corrected chi connectivity index (χ2v) is 12.0. The van der Waals surface area contributed by atoms with Gasteiger partial charge in [-0.15, -0.1) is 11.8 Å². The number of hydrogen-bond donors (Lipinski definition) is 3. The first-order valence-corrected chi connectivity index (χ1v) is 14.1. The summed E-state index contributed by atoms with van der Waals surface area (Å²) >= 11 is 1.76. The maximum absolute atomic E-state index is 13.8. The summed E-state index contributed by atoms with van der Waals surface area (Å²) < 4.78 is -0.472. The predicted molar refractivity (Wildman–Crippen MR) is 130 cm³/mol. The highest BCUT2D eigenvalue weighted by Gasteiger charge is 2.73. The first kappa shape index (κ1) is 24.8. The largest absolute Gasteiger partial charge is 0.396 e. The molecule has 0 aromatic heterocycles. The summed E-state index contributed by atoms with van der Waals surface area (Å²) in [5.41, 5.74) is 0. The third kappa shape index (κ3) is 4.79. The van der Waals surface area contributed by atoms with E-state index in [2.05, 4.69) is 10.6 Å². The van der Waals surface area contributed by atoms with Gasteiger partial charge in [0.1, 0.15) is 6.04 Å². The Morgan fingerprint density at radius 3 is 2.58 bits per heavy atom. The molecular weight excluding hydrogens is 438 g/mol. The molecule has 1 saturated carbocycles. The molecule has 4 fully saturated rings. The Morgan fingerprint density at radius 2 is 1.85 bits per heavy atom. The second kappa shape index (κ2) is 11.0. The third-order valence-electron chi connectivity index (χ3n) is 8.16. The number of thioether (sulfide) groups is 1. The zero-order chi connectivity index (χ0) is 23.4. The van der Waals surface area contributed by atoms with Crippen LogP contribution in [0.15, 0.2) is 0 Å². The van der Waals surface area contributed by atoms with Gasteiger partial charge in [-0.05, 0) is 44.9 Å². The number of likely N-dealkylation sites (tertiary alicyclic amines) is 1. The Bertz CT molecular complexity index is 728. The van der Waals surface area contributed by atoms with E-state index >= 15 is 0 Å². The first-order valence-electron chi connectivity index (χ1n) is 13.2. The number of nitrogens with one attached hydrogen (secondary N) is 2. The fourth-order valence-electron chi connectivity index (χ4n) is 6.63. The topological polar surface area (TPSA) is 98.7 Å². The predicted octanol–water partition coefficient (Wildman–Crippen LogP) is 2.61. The molecule has 0 aromatic rings. The highest BCUT2D eigenvalue weighted by atomic mass is 32.2. The molecular formula is C25H41N3O4S. The highest BCUT2D eigenvalue weighted by Crippen LogP contribution is 2.66. The molecule has 5 atom stereocenters. The van der Waals surface area contributed by atoms with Gasteiger partial charge in [-0.1, -0.05) is 39.0 Å². The average molecular weight is 480 g/mol. The lowest BCUT2D eigenvalue weighted by Crippen LogP contribution is -2.55. The molecule has 33 heavy (non-hydrogen) atoms. The number of nitrogens with zero attached hydrogens (tertiary/aromatic N) is 1. The standard InChI is InChI=1S/C25H41N3O4S/c1-2-14-26-22(30)19-18-12-13-25(33-18)20(19)24(32)28(15-8-3-4-9-16-29)21(25)23(31)27-17-10-6-5-7-11-17/h17-21,29H,2-16H2,1H3,(H,26,30)(H,27,31)/t18-,19+,20+,21?,25?/m1/s1. The van der Waals surface area contributed by atoms with E-state index in [0.29, 0.717) is 13.1 Å². The molecule has 186 valence electrons. The molecule has 7 nitrogen and oxygen atoms in total. The quantitative estimate of drug-likeness (QED) is 0.396. The Hall–Kier alpha value is -1.28. The molecule has 4 aliphatic rings. The minimum Gasteiger partial charge on any atom is -0.396 e. The number of carbonyl (C=O) groups is 3. The van der Waals surface area contributed by atoms with Crippen LogP contribution in [0.4, 0.5) is 0 Å². The van der Waals surface area contributed by atoms with Crippen molar-refractivity contribution in [1.82, 2.24) is 15.5 Å². The zero-order valence-electron chi connectivity index (χ0n) is 20.0. The van der Waals surface area contributed by atoms with Crippen LogP contribution < -0.4 is 10.6 Å². The smallest absolute Gasteiger partial charge is 0.244 e. The molecule has 2 unspecified atom stereocenters. The van der Waals surface area contributed by atoms with E-state index in [4.69, 9.17) is 5.11 Å². The summed E-state index contributed by atoms with van der Waals surface area (Å²) in [6.45, 7) is 3.40. The molecule has 1 spiro atoms. The number of aliphatic hydroxyl groups excluding tert-OH is 1. The van der Waals surface area contributed by atoms with Gasteiger partial charge in [0, 0.05) is 31.0 Å². The molecule has 3 aliphatic heterocycles. The van der Waals surface area contributed by atoms with Gasteiger partial charge in [-0.2, -0.15) is 0 Å². The van der Waals surface area contributed by atoms with Gasteiger partial charge in [0.25, 0.3) is 0 Å². The number of hydrogen-bond acceptors (Lipinski definition) is 5. The van der Waals surface area contributed by atoms with Crippen molar-refractivity contribution in [2.24, 2.45) is 11.8 Å². The van der Waals surface area contributed by atoms with Crippen LogP contribution >= 0.6 is 11.8 Å². The molecule has 1 aliphatic carbocycles. The van der Waals surface area contributed by atoms with Gasteiger partial charge in [0.2, 0.25) is 17.7 Å². The van der Waals surface area contributed by atoms with Crippen LogP contribution in [0.1, 0.15) is 84.0 Å². The van der Waals surface area contributed by atoms with Gasteiger partial charge in [-0.25, -0.2) is 0 Å². The van der Waals surface area contributed by atoms with Crippen LogP contribution in [-0.4, -0.2) is 69.5 Å². The maximum Gasteiger partial charge on any atom is 0.244 e. The lowest BCUT2D eigenvalue weighted by molar-refractivity contribution is -0.140. The Labute approximate surface area is 202 Å². The molecule has 3 amide bonds. The van der Waals surface area contributed by atoms with Crippen molar-refractivity contribution in [2.75, 3.05) is 19.7 Å². The van der Waals surface area contributed by atoms with Crippen LogP contribution in [0.5, 0.6) is 0 Å². The summed E-state index contributed by atoms with van der Waals surface area (Å²) in [6, 6.07) is -0.274. The number of aliphatic hydroxyl groups is 1. The van der Waals surface area contributed by atoms with E-state index in [-0.39, 0.29) is 41.5 Å². The van der Waals surface area contributed by atoms with Crippen molar-refractivity contribution < 1.29 is 19.5 Å². The van der Waals surface area contributed by atoms with E-state index in [0.717, 1.165) is 70.6 Å². The van der Waals surface area contributed by atoms with Gasteiger partial charge in [-0.3, -0.25) is 14.4 Å². The third-order valence-corrected chi connectivity index (χ3v) is 10.1. The van der Waals surface area contributed by atoms with Crippen LogP contribution in [0, 0.1) is 11.8 Å². The van der Waals surface area contributed by atoms with Crippen LogP contribution in [-0.2, 0) is 14.4 Å². The van der Waals surface area contributed by atoms with Crippen LogP contribution in [0.2, 0.25) is 0 Å². The Morgan fingerprint density at radius 1 is 1.09 bits per heavy atom. The zero-order valence-corrected chi connectivity index (χ0v) is 20.8. The second-order valence-electron chi connectivity index (χ2n) is 10.4. The minimum atomic E-state index is -0.478. The number of unbranched alkanes of at least 4 members (excludes halogenated alkanes) is 3. The molecule has 0 aromatic carbocycles. The molecule has 0 radical (unpaired) electrons. The SMILES string of the molecule is CCCNC(=O)[C@@H]1[C@H]2C(=O)N(CCCCCCO)C(C(=O)NC3CCCCC3)C23CC[C@H]1S3. The lowest BCUT2D eigenvalue weighted by Gasteiger charge is -2.35. The van der Waals surface area contributed by atoms with Crippen molar-refractivity contribution in [1.29, 1.82) is 0 Å². The van der Waals surface area contributed by atoms with Crippen LogP contribution in [0.3, 0.4) is 0 Å². The molecule has 3 heterocycles. The summed E-state index contributed by atoms with van der Waals surface area (Å²) in [5, 5.41) is 15.5. The van der Waals surface area contributed by atoms with Crippen molar-refractivity contribution in [2.45, 2.75) is 106 Å². The van der Waals surface area contributed by atoms with E-state index in [9.17, 15) is 14.4 Å². The normalized spacial score (nSPS) is 33.4. The maximum atomic E-state index is 13.8. The van der Waals surface area contributed by atoms with Crippen molar-refractivity contribution >= 4 is 29.5 Å². The molecule has 8 heteroatoms. The summed E-state index contributed by atoms with van der Waals surface area (Å²) in [7, 11) is 0. The van der Waals surface area contributed by atoms with Crippen molar-refractivity contribution in [3.05, 3.63) is 0 Å². The van der Waals surface area contributed by atoms with Gasteiger partial charge < -0.3 is 20.6 Å². The van der Waals surface area contributed by atoms with E-state index in [1.807, 2.05) is 11.8 Å². The number of rotatable bonds is 11. The van der Waals surface area contributed by atoms with E-state index < -0.39 is 16.7 Å². The number of fused-ring (bicyclic) bond motifs is 1. The first-order chi connectivity index (χ1) is 16.0. The Kier molecular flexibility index (Phi) is 8.26. The van der Waals surface area contributed by atoms with Gasteiger partial charge in [0.15, 0.2) is 0 Å².